The first-order valence-electron chi connectivity index (χ1n) is 14.9. The van der Waals surface area contributed by atoms with Gasteiger partial charge in [0, 0.05) is 33.8 Å². The van der Waals surface area contributed by atoms with Crippen LogP contribution in [0.3, 0.4) is 0 Å². The van der Waals surface area contributed by atoms with Crippen LogP contribution in [0.15, 0.2) is 101 Å². The van der Waals surface area contributed by atoms with Gasteiger partial charge in [-0.05, 0) is 60.5 Å². The quantitative estimate of drug-likeness (QED) is 0.128. The van der Waals surface area contributed by atoms with E-state index >= 15 is 0 Å². The largest absolute Gasteiger partial charge is 0.271 e. The number of rotatable bonds is 13. The predicted octanol–water partition coefficient (Wildman–Crippen LogP) is 12.0. The minimum atomic E-state index is -1.35. The zero-order valence-corrected chi connectivity index (χ0v) is 27.8. The minimum absolute atomic E-state index is 0. The van der Waals surface area contributed by atoms with Crippen LogP contribution in [0.4, 0.5) is 0 Å². The maximum atomic E-state index is 5.57. The summed E-state index contributed by atoms with van der Waals surface area (Å²) in [5.74, 6) is 0. The van der Waals surface area contributed by atoms with E-state index in [2.05, 4.69) is 108 Å². The van der Waals surface area contributed by atoms with Crippen molar-refractivity contribution in [3.05, 3.63) is 108 Å². The van der Waals surface area contributed by atoms with Crippen LogP contribution in [0.2, 0.25) is 0 Å². The van der Waals surface area contributed by atoms with Crippen LogP contribution < -0.4 is 0 Å². The van der Waals surface area contributed by atoms with Gasteiger partial charge in [-0.3, -0.25) is 4.74 Å². The smallest absolute Gasteiger partial charge is 0.0425 e. The van der Waals surface area contributed by atoms with Gasteiger partial charge in [-0.2, -0.15) is 0 Å². The van der Waals surface area contributed by atoms with Crippen LogP contribution in [0.25, 0.3) is 12.2 Å². The zero-order chi connectivity index (χ0) is 27.6. The van der Waals surface area contributed by atoms with Crippen molar-refractivity contribution in [3.8, 4) is 0 Å². The summed E-state index contributed by atoms with van der Waals surface area (Å²) in [5.41, 5.74) is 6.09. The Kier molecular flexibility index (Phi) is 18.4. The van der Waals surface area contributed by atoms with Gasteiger partial charge in [-0.1, -0.05) is 158 Å². The van der Waals surface area contributed by atoms with Crippen molar-refractivity contribution in [2.24, 2.45) is 4.74 Å². The zero-order valence-electron chi connectivity index (χ0n) is 25.4. The topological polar surface area (TPSA) is 12.4 Å². The summed E-state index contributed by atoms with van der Waals surface area (Å²) in [6, 6.07) is 20.6. The first-order valence-corrected chi connectivity index (χ1v) is 16.8. The molecule has 1 aliphatic carbocycles. The van der Waals surface area contributed by atoms with Gasteiger partial charge in [0.05, 0.1) is 0 Å². The third-order valence-electron chi connectivity index (χ3n) is 7.58. The molecule has 39 heavy (non-hydrogen) atoms. The van der Waals surface area contributed by atoms with Crippen LogP contribution >= 0.6 is 7.05 Å². The van der Waals surface area contributed by atoms with Crippen LogP contribution in [0, 0.1) is 0 Å². The summed E-state index contributed by atoms with van der Waals surface area (Å²) in [4.78, 5) is 0. The van der Waals surface area contributed by atoms with Crippen molar-refractivity contribution >= 4 is 19.2 Å². The standard InChI is InChI=1S/C20H38NP.C16H14.Ti/c1-7-12-17(4)22(18(5)13-8-2,19(6)14-9-3)21-20-15-10-11-16-20;1-3-9-15(10-4-1)13-7-8-14-16-11-5-2-6-12-16;/h10-11,15,17-19H,7-9,12-14,16H2,1-6H3;1-14H;. The van der Waals surface area contributed by atoms with Gasteiger partial charge in [0.15, 0.2) is 0 Å². The molecule has 0 aliphatic heterocycles. The molecule has 2 aromatic rings. The van der Waals surface area contributed by atoms with Crippen molar-refractivity contribution in [1.29, 1.82) is 0 Å². The molecular formula is C36H52NPTi. The van der Waals surface area contributed by atoms with Gasteiger partial charge in [-0.25, -0.2) is 0 Å². The van der Waals surface area contributed by atoms with Crippen molar-refractivity contribution < 1.29 is 21.7 Å². The molecule has 0 saturated heterocycles. The molecule has 0 saturated carbocycles. The van der Waals surface area contributed by atoms with E-state index < -0.39 is 7.05 Å². The van der Waals surface area contributed by atoms with Gasteiger partial charge in [0.25, 0.3) is 0 Å². The summed E-state index contributed by atoms with van der Waals surface area (Å²) in [7, 11) is -1.35. The van der Waals surface area contributed by atoms with E-state index in [1.165, 1.54) is 55.3 Å². The van der Waals surface area contributed by atoms with Crippen LogP contribution in [0.1, 0.15) is 97.6 Å². The molecule has 0 spiro atoms. The molecule has 0 bridgehead atoms. The summed E-state index contributed by atoms with van der Waals surface area (Å²) < 4.78 is 5.57. The Labute approximate surface area is 255 Å². The second-order valence-corrected chi connectivity index (χ2v) is 15.1. The summed E-state index contributed by atoms with van der Waals surface area (Å²) in [6.07, 6.45) is 23.9. The van der Waals surface area contributed by atoms with Gasteiger partial charge < -0.3 is 0 Å². The Morgan fingerprint density at radius 3 is 1.44 bits per heavy atom. The third kappa shape index (κ3) is 11.8. The van der Waals surface area contributed by atoms with Crippen molar-refractivity contribution in [2.75, 3.05) is 0 Å². The Balaban J connectivity index is 0.000000396. The molecule has 0 radical (unpaired) electrons. The van der Waals surface area contributed by atoms with Crippen molar-refractivity contribution in [2.45, 2.75) is 103 Å². The maximum absolute atomic E-state index is 5.57. The Hall–Kier alpha value is -1.66. The molecule has 0 N–H and O–H groups in total. The molecule has 1 aliphatic rings. The molecule has 0 amide bonds. The van der Waals surface area contributed by atoms with Crippen LogP contribution in [0.5, 0.6) is 0 Å². The minimum Gasteiger partial charge on any atom is -0.271 e. The van der Waals surface area contributed by atoms with E-state index in [4.69, 9.17) is 4.74 Å². The van der Waals surface area contributed by atoms with E-state index in [1.54, 1.807) is 0 Å². The molecule has 3 heteroatoms. The van der Waals surface area contributed by atoms with E-state index in [0.717, 1.165) is 23.4 Å². The molecule has 3 unspecified atom stereocenters. The molecule has 210 valence electrons. The second kappa shape index (κ2) is 20.3. The first kappa shape index (κ1) is 35.4. The maximum Gasteiger partial charge on any atom is 0.0425 e. The number of benzene rings is 2. The fourth-order valence-electron chi connectivity index (χ4n) is 5.67. The number of nitrogens with zero attached hydrogens (tertiary/aromatic N) is 1. The van der Waals surface area contributed by atoms with Gasteiger partial charge >= 0.3 is 0 Å². The Morgan fingerprint density at radius 1 is 0.692 bits per heavy atom. The predicted molar refractivity (Wildman–Crippen MR) is 175 cm³/mol. The number of hydrogen-bond acceptors (Lipinski definition) is 1. The second-order valence-electron chi connectivity index (χ2n) is 10.6. The SMILES string of the molecule is C(C=Cc1ccccc1)=Cc1ccccc1.CCCC(C)P(=NC1=CC=CC1)(C(C)CCC)C(C)CCC.[Ti]. The first-order chi connectivity index (χ1) is 18.5. The molecule has 0 fully saturated rings. The number of hydrogen-bond donors (Lipinski definition) is 0. The summed E-state index contributed by atoms with van der Waals surface area (Å²) in [6.45, 7) is 14.5. The van der Waals surface area contributed by atoms with Gasteiger partial charge in [0.1, 0.15) is 0 Å². The average molecular weight is 578 g/mol. The van der Waals surface area contributed by atoms with Gasteiger partial charge in [0.2, 0.25) is 0 Å². The van der Waals surface area contributed by atoms with Crippen molar-refractivity contribution in [3.63, 3.8) is 0 Å². The average Bonchev–Trinajstić information content (AvgIpc) is 3.45. The molecule has 3 atom stereocenters. The summed E-state index contributed by atoms with van der Waals surface area (Å²) >= 11 is 0. The Morgan fingerprint density at radius 2 is 1.10 bits per heavy atom. The van der Waals surface area contributed by atoms with Crippen molar-refractivity contribution in [1.82, 2.24) is 0 Å². The molecular weight excluding hydrogens is 525 g/mol. The van der Waals surface area contributed by atoms with Crippen LogP contribution in [-0.4, -0.2) is 17.0 Å². The molecule has 2 aromatic carbocycles. The number of allylic oxidation sites excluding steroid dienone is 5. The van der Waals surface area contributed by atoms with E-state index in [-0.39, 0.29) is 21.7 Å². The monoisotopic (exact) mass is 577 g/mol. The van der Waals surface area contributed by atoms with E-state index in [1.807, 2.05) is 36.4 Å². The molecule has 3 rings (SSSR count). The van der Waals surface area contributed by atoms with E-state index in [0.29, 0.717) is 0 Å². The fraction of sp³-hybridized carbons (Fsp3) is 0.444. The Bertz CT molecular complexity index is 996. The molecule has 0 heterocycles. The van der Waals surface area contributed by atoms with E-state index in [9.17, 15) is 0 Å². The molecule has 1 nitrogen and oxygen atoms in total. The third-order valence-corrected chi connectivity index (χ3v) is 13.2. The normalized spacial score (nSPS) is 16.5. The fourth-order valence-corrected chi connectivity index (χ4v) is 11.5. The van der Waals surface area contributed by atoms with Crippen LogP contribution in [-0.2, 0) is 21.7 Å². The summed E-state index contributed by atoms with van der Waals surface area (Å²) in [5, 5.41) is 0. The van der Waals surface area contributed by atoms with Gasteiger partial charge in [-0.15, -0.1) is 0 Å². The molecule has 0 aromatic heterocycles.